The van der Waals surface area contributed by atoms with E-state index in [0.717, 1.165) is 48.9 Å². The van der Waals surface area contributed by atoms with Crippen molar-refractivity contribution in [3.63, 3.8) is 0 Å². The molecular weight excluding hydrogens is 444 g/mol. The molecule has 2 fully saturated rings. The standard InChI is InChI=1S/C28H32N2O5/c1-18(27(32)33)16-25(31)29(20-14-15-20)26-21-10-5-6-12-23(21)30(24-13-7-11-22(24)26)28(34)35-17-19-8-3-2-4-9-19/h2-6,8-10,12,18,20,22,24,26H,7,11,13-17H2,1H3,(H,32,33)/t18?,22-,24+,26-/m0/s1. The van der Waals surface area contributed by atoms with Crippen LogP contribution in [0.25, 0.3) is 0 Å². The van der Waals surface area contributed by atoms with E-state index in [1.165, 1.54) is 0 Å². The molecule has 1 N–H and O–H groups in total. The first kappa shape index (κ1) is 23.4. The molecule has 0 aromatic heterocycles. The number of hydrogen-bond donors (Lipinski definition) is 1. The zero-order valence-electron chi connectivity index (χ0n) is 20.0. The van der Waals surface area contributed by atoms with E-state index in [1.54, 1.807) is 6.92 Å². The van der Waals surface area contributed by atoms with Gasteiger partial charge < -0.3 is 14.7 Å². The van der Waals surface area contributed by atoms with Crippen LogP contribution in [-0.2, 0) is 20.9 Å². The summed E-state index contributed by atoms with van der Waals surface area (Å²) in [6.45, 7) is 1.79. The fourth-order valence-electron chi connectivity index (χ4n) is 5.80. The molecule has 2 aromatic rings. The molecule has 5 rings (SSSR count). The smallest absolute Gasteiger partial charge is 0.414 e. The first-order valence-corrected chi connectivity index (χ1v) is 12.6. The maximum Gasteiger partial charge on any atom is 0.414 e. The van der Waals surface area contributed by atoms with Crippen molar-refractivity contribution in [2.45, 2.75) is 70.2 Å². The average Bonchev–Trinajstić information content (AvgIpc) is 3.58. The van der Waals surface area contributed by atoms with Crippen LogP contribution in [0.1, 0.15) is 62.6 Å². The van der Waals surface area contributed by atoms with Crippen molar-refractivity contribution in [3.8, 4) is 0 Å². The van der Waals surface area contributed by atoms with E-state index >= 15 is 0 Å². The van der Waals surface area contributed by atoms with Crippen molar-refractivity contribution in [2.24, 2.45) is 11.8 Å². The third kappa shape index (κ3) is 4.64. The Kier molecular flexibility index (Phi) is 6.50. The summed E-state index contributed by atoms with van der Waals surface area (Å²) in [4.78, 5) is 42.1. The van der Waals surface area contributed by atoms with Crippen LogP contribution in [0, 0.1) is 11.8 Å². The minimum absolute atomic E-state index is 0.00921. The Morgan fingerprint density at radius 3 is 2.46 bits per heavy atom. The predicted octanol–water partition coefficient (Wildman–Crippen LogP) is 5.16. The Labute approximate surface area is 205 Å². The number of benzene rings is 2. The maximum absolute atomic E-state index is 13.5. The number of rotatable bonds is 7. The topological polar surface area (TPSA) is 87.2 Å². The second-order valence-electron chi connectivity index (χ2n) is 10.1. The van der Waals surface area contributed by atoms with Crippen LogP contribution in [-0.4, -0.2) is 40.1 Å². The van der Waals surface area contributed by atoms with Gasteiger partial charge >= 0.3 is 12.1 Å². The summed E-state index contributed by atoms with van der Waals surface area (Å²) in [6, 6.07) is 17.4. The van der Waals surface area contributed by atoms with E-state index in [1.807, 2.05) is 64.4 Å². The summed E-state index contributed by atoms with van der Waals surface area (Å²) in [5, 5.41) is 9.39. The molecule has 184 valence electrons. The fraction of sp³-hybridized carbons (Fsp3) is 0.464. The number of carbonyl (C=O) groups excluding carboxylic acids is 2. The molecule has 2 aliphatic carbocycles. The number of amides is 2. The second-order valence-corrected chi connectivity index (χ2v) is 10.1. The van der Waals surface area contributed by atoms with Gasteiger partial charge in [0.05, 0.1) is 17.6 Å². The van der Waals surface area contributed by atoms with Gasteiger partial charge in [-0.25, -0.2) is 4.79 Å². The lowest BCUT2D eigenvalue weighted by molar-refractivity contribution is -0.147. The lowest BCUT2D eigenvalue weighted by Crippen LogP contribution is -2.53. The largest absolute Gasteiger partial charge is 0.481 e. The SMILES string of the molecule is CC(CC(=O)N(C1CC1)[C@H]1c2ccccc2N(C(=O)OCc2ccccc2)[C@@H]2CCC[C@@H]21)C(=O)O. The molecule has 7 nitrogen and oxygen atoms in total. The van der Waals surface area contributed by atoms with Crippen molar-refractivity contribution < 1.29 is 24.2 Å². The molecule has 0 saturated heterocycles. The van der Waals surface area contributed by atoms with E-state index in [0.29, 0.717) is 0 Å². The molecule has 7 heteroatoms. The number of hydrogen-bond acceptors (Lipinski definition) is 4. The van der Waals surface area contributed by atoms with Crippen LogP contribution in [0.5, 0.6) is 0 Å². The molecule has 1 heterocycles. The highest BCUT2D eigenvalue weighted by atomic mass is 16.6. The van der Waals surface area contributed by atoms with Crippen molar-refractivity contribution >= 4 is 23.7 Å². The minimum Gasteiger partial charge on any atom is -0.481 e. The summed E-state index contributed by atoms with van der Waals surface area (Å²) < 4.78 is 5.76. The van der Waals surface area contributed by atoms with Crippen LogP contribution >= 0.6 is 0 Å². The van der Waals surface area contributed by atoms with Gasteiger partial charge in [-0.15, -0.1) is 0 Å². The van der Waals surface area contributed by atoms with Gasteiger partial charge in [0.25, 0.3) is 0 Å². The van der Waals surface area contributed by atoms with Gasteiger partial charge in [0, 0.05) is 24.4 Å². The molecule has 0 spiro atoms. The van der Waals surface area contributed by atoms with Gasteiger partial charge in [-0.05, 0) is 42.9 Å². The number of ether oxygens (including phenoxy) is 1. The van der Waals surface area contributed by atoms with E-state index in [9.17, 15) is 19.5 Å². The number of anilines is 1. The summed E-state index contributed by atoms with van der Waals surface area (Å²) in [7, 11) is 0. The zero-order valence-corrected chi connectivity index (χ0v) is 20.0. The van der Waals surface area contributed by atoms with Crippen LogP contribution < -0.4 is 4.90 Å². The molecule has 2 saturated carbocycles. The fourth-order valence-corrected chi connectivity index (χ4v) is 5.80. The van der Waals surface area contributed by atoms with Crippen LogP contribution in [0.15, 0.2) is 54.6 Å². The predicted molar refractivity (Wildman–Crippen MR) is 131 cm³/mol. The number of carboxylic acid groups (broad SMARTS) is 1. The van der Waals surface area contributed by atoms with Crippen molar-refractivity contribution in [1.82, 2.24) is 4.90 Å². The molecule has 0 radical (unpaired) electrons. The van der Waals surface area contributed by atoms with Gasteiger partial charge in [0.2, 0.25) is 5.91 Å². The first-order valence-electron chi connectivity index (χ1n) is 12.6. The monoisotopic (exact) mass is 476 g/mol. The van der Waals surface area contributed by atoms with Gasteiger partial charge in [0.1, 0.15) is 6.61 Å². The normalized spacial score (nSPS) is 23.7. The quantitative estimate of drug-likeness (QED) is 0.597. The molecule has 4 atom stereocenters. The molecule has 35 heavy (non-hydrogen) atoms. The highest BCUT2D eigenvalue weighted by Gasteiger charge is 2.51. The molecule has 2 aromatic carbocycles. The van der Waals surface area contributed by atoms with E-state index in [-0.39, 0.29) is 49.1 Å². The van der Waals surface area contributed by atoms with E-state index < -0.39 is 11.9 Å². The number of carboxylic acids is 1. The van der Waals surface area contributed by atoms with Crippen molar-refractivity contribution in [1.29, 1.82) is 0 Å². The molecule has 3 aliphatic rings. The average molecular weight is 477 g/mol. The van der Waals surface area contributed by atoms with E-state index in [4.69, 9.17) is 4.74 Å². The number of nitrogens with zero attached hydrogens (tertiary/aromatic N) is 2. The Balaban J connectivity index is 1.46. The Morgan fingerprint density at radius 2 is 1.74 bits per heavy atom. The Bertz CT molecular complexity index is 1100. The zero-order chi connectivity index (χ0) is 24.5. The minimum atomic E-state index is -0.954. The van der Waals surface area contributed by atoms with Gasteiger partial charge in [-0.3, -0.25) is 14.5 Å². The summed E-state index contributed by atoms with van der Waals surface area (Å²) in [5.74, 6) is -1.69. The number of fused-ring (bicyclic) bond motifs is 2. The van der Waals surface area contributed by atoms with Gasteiger partial charge in [0.15, 0.2) is 0 Å². The van der Waals surface area contributed by atoms with Crippen molar-refractivity contribution in [3.05, 3.63) is 65.7 Å². The Morgan fingerprint density at radius 1 is 1.03 bits per heavy atom. The third-order valence-corrected chi connectivity index (χ3v) is 7.62. The first-order chi connectivity index (χ1) is 17.0. The van der Waals surface area contributed by atoms with Crippen LogP contribution in [0.3, 0.4) is 0 Å². The maximum atomic E-state index is 13.5. The van der Waals surface area contributed by atoms with Gasteiger partial charge in [-0.1, -0.05) is 61.9 Å². The van der Waals surface area contributed by atoms with E-state index in [2.05, 4.69) is 0 Å². The number of aliphatic carboxylic acids is 1. The van der Waals surface area contributed by atoms with Gasteiger partial charge in [-0.2, -0.15) is 0 Å². The second kappa shape index (κ2) is 9.72. The third-order valence-electron chi connectivity index (χ3n) is 7.62. The summed E-state index contributed by atoms with van der Waals surface area (Å²) in [6.07, 6.45) is 4.25. The Hall–Kier alpha value is -3.35. The summed E-state index contributed by atoms with van der Waals surface area (Å²) in [5.41, 5.74) is 2.68. The van der Waals surface area contributed by atoms with Crippen LogP contribution in [0.4, 0.5) is 10.5 Å². The highest BCUT2D eigenvalue weighted by molar-refractivity contribution is 5.91. The molecule has 2 amide bonds. The molecule has 1 unspecified atom stereocenters. The number of para-hydroxylation sites is 1. The number of carbonyl (C=O) groups is 3. The lowest BCUT2D eigenvalue weighted by Gasteiger charge is -2.47. The summed E-state index contributed by atoms with van der Waals surface area (Å²) >= 11 is 0. The van der Waals surface area contributed by atoms with Crippen LogP contribution in [0.2, 0.25) is 0 Å². The molecule has 1 aliphatic heterocycles. The lowest BCUT2D eigenvalue weighted by atomic mass is 9.81. The highest BCUT2D eigenvalue weighted by Crippen LogP contribution is 2.52. The molecule has 0 bridgehead atoms. The molecular formula is C28H32N2O5. The van der Waals surface area contributed by atoms with Crippen molar-refractivity contribution in [2.75, 3.05) is 4.90 Å².